The van der Waals surface area contributed by atoms with Gasteiger partial charge in [-0.1, -0.05) is 119 Å². The smallest absolute Gasteiger partial charge is 0.248 e. The van der Waals surface area contributed by atoms with Gasteiger partial charge in [-0.25, -0.2) is 0 Å². The molecule has 7 rings (SSSR count). The van der Waals surface area contributed by atoms with Gasteiger partial charge < -0.3 is 69.7 Å². The van der Waals surface area contributed by atoms with Crippen molar-refractivity contribution in [1.29, 1.82) is 0 Å². The van der Waals surface area contributed by atoms with Crippen LogP contribution < -0.4 is 16.0 Å². The molecule has 0 aromatic heterocycles. The summed E-state index contributed by atoms with van der Waals surface area (Å²) in [7, 11) is 13.9. The second-order valence-corrected chi connectivity index (χ2v) is 33.9. The number of nitrogens with zero attached hydrogens (tertiary/aromatic N) is 10. The topological polar surface area (TPSA) is 283 Å². The maximum Gasteiger partial charge on any atom is 0.248 e. The monoisotopic (exact) mass is 1490 g/mol. The molecule has 12 amide bonds. The maximum atomic E-state index is 15.9. The van der Waals surface area contributed by atoms with Crippen molar-refractivity contribution in [2.24, 2.45) is 40.9 Å². The van der Waals surface area contributed by atoms with Gasteiger partial charge in [0.15, 0.2) is 0 Å². The van der Waals surface area contributed by atoms with E-state index in [-0.39, 0.29) is 81.5 Å². The first kappa shape index (κ1) is 85.8. The van der Waals surface area contributed by atoms with E-state index in [2.05, 4.69) is 34.8 Å². The predicted octanol–water partition coefficient (Wildman–Crippen LogP) is 5.52. The van der Waals surface area contributed by atoms with Crippen LogP contribution in [-0.2, 0) is 62.3 Å². The average molecular weight is 1490 g/mol. The summed E-state index contributed by atoms with van der Waals surface area (Å²) in [4.78, 5) is 197. The van der Waals surface area contributed by atoms with Crippen molar-refractivity contribution in [2.75, 3.05) is 103 Å². The van der Waals surface area contributed by atoms with Crippen molar-refractivity contribution in [3.05, 3.63) is 12.2 Å². The third-order valence-electron chi connectivity index (χ3n) is 24.7. The van der Waals surface area contributed by atoms with Gasteiger partial charge in [-0.2, -0.15) is 0 Å². The van der Waals surface area contributed by atoms with E-state index in [9.17, 15) is 24.0 Å². The number of rotatable bonds is 15. The van der Waals surface area contributed by atoms with E-state index >= 15 is 33.6 Å². The zero-order valence-corrected chi connectivity index (χ0v) is 67.5. The lowest BCUT2D eigenvalue weighted by molar-refractivity contribution is -0.161. The van der Waals surface area contributed by atoms with Gasteiger partial charge in [-0.3, -0.25) is 57.5 Å². The number of hydrogen-bond donors (Lipinski definition) is 3. The van der Waals surface area contributed by atoms with Gasteiger partial charge in [-0.05, 0) is 132 Å². The van der Waals surface area contributed by atoms with Crippen molar-refractivity contribution in [3.8, 4) is 0 Å². The van der Waals surface area contributed by atoms with Gasteiger partial charge >= 0.3 is 0 Å². The number of fused-ring (bicyclic) bond motifs is 4. The number of carbonyl (C=O) groups is 12. The first-order valence-corrected chi connectivity index (χ1v) is 39.8. The highest BCUT2D eigenvalue weighted by molar-refractivity contribution is 6.21. The summed E-state index contributed by atoms with van der Waals surface area (Å²) in [6, 6.07) is -9.33. The van der Waals surface area contributed by atoms with Crippen LogP contribution in [-0.4, -0.2) is 294 Å². The molecule has 592 valence electrons. The number of likely N-dealkylation sites (N-methyl/N-ethyl adjacent to an activating group) is 7. The molecular weight excluding hydrogens is 1360 g/mol. The van der Waals surface area contributed by atoms with E-state index in [0.29, 0.717) is 63.2 Å². The Labute approximate surface area is 631 Å². The molecule has 14 atom stereocenters. The number of carbonyl (C=O) groups excluding carboxylic acids is 12. The molecule has 4 unspecified atom stereocenters. The Morgan fingerprint density at radius 3 is 1.92 bits per heavy atom. The molecule has 0 aromatic rings. The Morgan fingerprint density at radius 2 is 1.31 bits per heavy atom. The van der Waals surface area contributed by atoms with Gasteiger partial charge in [0, 0.05) is 93.9 Å². The van der Waals surface area contributed by atoms with Crippen molar-refractivity contribution in [1.82, 2.24) is 64.9 Å². The molecule has 26 nitrogen and oxygen atoms in total. The molecule has 4 aliphatic heterocycles. The Morgan fingerprint density at radius 1 is 0.657 bits per heavy atom. The first-order chi connectivity index (χ1) is 49.5. The fourth-order valence-corrected chi connectivity index (χ4v) is 19.0. The number of hydrogen-bond acceptors (Lipinski definition) is 14. The lowest BCUT2D eigenvalue weighted by Crippen LogP contribution is -2.71. The maximum absolute atomic E-state index is 15.9. The molecule has 3 saturated heterocycles. The Bertz CT molecular complexity index is 3110. The Kier molecular flexibility index (Phi) is 30.7. The zero-order chi connectivity index (χ0) is 77.9. The van der Waals surface area contributed by atoms with E-state index in [1.807, 2.05) is 60.6 Å². The molecule has 3 saturated carbocycles. The van der Waals surface area contributed by atoms with E-state index in [4.69, 9.17) is 16.3 Å². The molecule has 105 heavy (non-hydrogen) atoms. The highest BCUT2D eigenvalue weighted by Gasteiger charge is 2.59. The molecule has 4 heterocycles. The van der Waals surface area contributed by atoms with Crippen LogP contribution in [0.5, 0.6) is 0 Å². The summed E-state index contributed by atoms with van der Waals surface area (Å²) < 4.78 is 6.21. The Balaban J connectivity index is 1.33. The second kappa shape index (κ2) is 37.6. The fourth-order valence-electron chi connectivity index (χ4n) is 18.3. The number of alkyl halides is 1. The highest BCUT2D eigenvalue weighted by atomic mass is 35.5. The SMILES string of the molecule is CCC[C@H]1C(=O)N[C@@H]([C@@H](C)CC)C(=O)N(C)CC(=O)N(C)[C@H]2C/C=C\CCN(C2=O)[C@@H](CC2CCC(C)CC2)C(=O)N(C)CC(=O)N[C@@H](CCC2CC(Cl)C3C(CCN3C)C2)C(=O)N2C[C@H](OCC)C[C@H]2C(=O)NC2(CC(C)(C)C2)C(=O)N(C)[C@@H](C(CC)CC)C(=O)N(C)[C@H](C(=O)N(C)C)CC(=O)N1C. The summed E-state index contributed by atoms with van der Waals surface area (Å²) in [6.45, 7) is 17.6. The van der Waals surface area contributed by atoms with Crippen LogP contribution in [0.2, 0.25) is 0 Å². The van der Waals surface area contributed by atoms with Gasteiger partial charge in [0.1, 0.15) is 53.9 Å². The molecule has 27 heteroatoms. The third-order valence-corrected chi connectivity index (χ3v) is 25.2. The number of ether oxygens (including phenoxy) is 1. The molecule has 1 spiro atoms. The lowest BCUT2D eigenvalue weighted by Gasteiger charge is -2.54. The van der Waals surface area contributed by atoms with Crippen LogP contribution in [0, 0.1) is 40.9 Å². The molecule has 6 fully saturated rings. The van der Waals surface area contributed by atoms with Crippen LogP contribution in [0.25, 0.3) is 0 Å². The standard InChI is InChI=1S/C78H130ClN13O13/c1-19-27-57-68(96)81-65(49(7)20-2)74(102)86(14)45-64(95)88(16)58-28-25-24-26-36-91(73(58)101)61(40-50-31-29-48(6)30-32-50)72(100)85(13)44-62(93)80-56(34-33-51-38-53-35-37-84(12)66(53)55(79)39-51)70(98)92-43-54(105-23-5)41-59(92)69(97)82-78(46-77(8,9)47-78)76(104)90(18)67(52(21-3)22-4)75(103)89(17)60(71(99)83(10)11)42-63(94)87(57)15/h24-25,48-61,65-67H,19-23,26-47H2,1-18H3,(H,80,93)(H,81,96)(H,82,97)/b25-24-/t48?,49-,50?,51?,53?,54+,55?,56-,57-,58-,59-,60-,61-,65-,66?,67-/m0/s1. The van der Waals surface area contributed by atoms with Crippen LogP contribution in [0.1, 0.15) is 197 Å². The van der Waals surface area contributed by atoms with Gasteiger partial charge in [0.25, 0.3) is 0 Å². The fraction of sp³-hybridized carbons (Fsp3) is 0.821. The van der Waals surface area contributed by atoms with E-state index in [0.717, 1.165) is 45.1 Å². The summed E-state index contributed by atoms with van der Waals surface area (Å²) in [6.07, 6.45) is 12.3. The summed E-state index contributed by atoms with van der Waals surface area (Å²) in [5.74, 6) is -7.04. The summed E-state index contributed by atoms with van der Waals surface area (Å²) >= 11 is 7.19. The van der Waals surface area contributed by atoms with Gasteiger partial charge in [0.2, 0.25) is 70.9 Å². The number of halogens is 1. The van der Waals surface area contributed by atoms with Crippen molar-refractivity contribution < 1.29 is 62.3 Å². The molecule has 0 radical (unpaired) electrons. The first-order valence-electron chi connectivity index (χ1n) is 39.4. The lowest BCUT2D eigenvalue weighted by atomic mass is 9.58. The van der Waals surface area contributed by atoms with Crippen molar-refractivity contribution in [3.63, 3.8) is 0 Å². The number of amides is 12. The van der Waals surface area contributed by atoms with E-state index in [1.54, 1.807) is 11.8 Å². The van der Waals surface area contributed by atoms with Crippen LogP contribution in [0.15, 0.2) is 12.2 Å². The number of nitrogens with one attached hydrogen (secondary N) is 3. The van der Waals surface area contributed by atoms with Crippen molar-refractivity contribution in [2.45, 2.75) is 269 Å². The number of likely N-dealkylation sites (tertiary alicyclic amines) is 1. The summed E-state index contributed by atoms with van der Waals surface area (Å²) in [5.41, 5.74) is -2.06. The second-order valence-electron chi connectivity index (χ2n) is 33.3. The molecule has 3 N–H and O–H groups in total. The minimum atomic E-state index is -1.58. The molecule has 3 aliphatic carbocycles. The molecular formula is C78H130ClN13O13. The average Bonchev–Trinajstić information content (AvgIpc) is 1.16. The zero-order valence-electron chi connectivity index (χ0n) is 66.7. The Hall–Kier alpha value is -6.41. The minimum absolute atomic E-state index is 0.0176. The molecule has 0 aromatic carbocycles. The van der Waals surface area contributed by atoms with Gasteiger partial charge in [-0.15, -0.1) is 11.6 Å². The third kappa shape index (κ3) is 20.5. The largest absolute Gasteiger partial charge is 0.377 e. The summed E-state index contributed by atoms with van der Waals surface area (Å²) in [5, 5.41) is 9.02. The van der Waals surface area contributed by atoms with Gasteiger partial charge in [0.05, 0.1) is 25.6 Å². The highest BCUT2D eigenvalue weighted by Crippen LogP contribution is 2.50. The minimum Gasteiger partial charge on any atom is -0.377 e. The van der Waals surface area contributed by atoms with Crippen molar-refractivity contribution >= 4 is 82.5 Å². The van der Waals surface area contributed by atoms with Crippen LogP contribution in [0.3, 0.4) is 0 Å². The molecule has 2 bridgehead atoms. The van der Waals surface area contributed by atoms with Crippen LogP contribution >= 0.6 is 11.6 Å². The quantitative estimate of drug-likeness (QED) is 0.135. The van der Waals surface area contributed by atoms with Crippen LogP contribution in [0.4, 0.5) is 0 Å². The molecule has 7 aliphatic rings. The predicted molar refractivity (Wildman–Crippen MR) is 402 cm³/mol. The normalized spacial score (nSPS) is 32.5. The van der Waals surface area contributed by atoms with E-state index in [1.165, 1.54) is 95.6 Å². The van der Waals surface area contributed by atoms with E-state index < -0.39 is 168 Å².